The van der Waals surface area contributed by atoms with Crippen molar-refractivity contribution in [2.75, 3.05) is 5.32 Å². The molecule has 0 fully saturated rings. The second-order valence-corrected chi connectivity index (χ2v) is 7.22. The van der Waals surface area contributed by atoms with Gasteiger partial charge in [-0.2, -0.15) is 5.10 Å². The molecule has 5 rings (SSSR count). The normalized spacial score (nSPS) is 11.1. The summed E-state index contributed by atoms with van der Waals surface area (Å²) in [6, 6.07) is 15.5. The van der Waals surface area contributed by atoms with Crippen LogP contribution in [-0.4, -0.2) is 25.7 Å². The van der Waals surface area contributed by atoms with Crippen LogP contribution in [0.1, 0.15) is 10.5 Å². The molecule has 1 amide bonds. The van der Waals surface area contributed by atoms with Crippen molar-refractivity contribution in [3.8, 4) is 16.9 Å². The molecule has 0 radical (unpaired) electrons. The number of amides is 1. The number of hydrogen-bond acceptors (Lipinski definition) is 4. The number of carbonyl (C=O) groups is 1. The van der Waals surface area contributed by atoms with Crippen LogP contribution in [-0.2, 0) is 0 Å². The zero-order valence-electron chi connectivity index (χ0n) is 15.0. The Balaban J connectivity index is 1.35. The van der Waals surface area contributed by atoms with Gasteiger partial charge in [0.25, 0.3) is 5.91 Å². The second-order valence-electron chi connectivity index (χ2n) is 6.36. The van der Waals surface area contributed by atoms with Gasteiger partial charge in [-0.05, 0) is 36.4 Å². The summed E-state index contributed by atoms with van der Waals surface area (Å²) in [6.07, 6.45) is 3.57. The lowest BCUT2D eigenvalue weighted by molar-refractivity contribution is 0.102. The highest BCUT2D eigenvalue weighted by Gasteiger charge is 2.14. The van der Waals surface area contributed by atoms with Crippen molar-refractivity contribution in [2.24, 2.45) is 0 Å². The van der Waals surface area contributed by atoms with E-state index in [9.17, 15) is 9.18 Å². The highest BCUT2D eigenvalue weighted by molar-refractivity contribution is 7.14. The van der Waals surface area contributed by atoms with Gasteiger partial charge in [-0.15, -0.1) is 11.3 Å². The molecule has 3 aromatic heterocycles. The van der Waals surface area contributed by atoms with E-state index in [0.717, 1.165) is 22.2 Å². The third kappa shape index (κ3) is 3.30. The number of benzene rings is 2. The maximum Gasteiger partial charge on any atom is 0.277 e. The molecule has 0 spiro atoms. The van der Waals surface area contributed by atoms with E-state index in [-0.39, 0.29) is 17.4 Å². The number of H-pyrrole nitrogens is 1. The first-order chi connectivity index (χ1) is 14.2. The maximum atomic E-state index is 13.1. The molecule has 0 saturated carbocycles. The van der Waals surface area contributed by atoms with Crippen molar-refractivity contribution in [1.29, 1.82) is 0 Å². The predicted octanol–water partition coefficient (Wildman–Crippen LogP) is 4.87. The number of fused-ring (bicyclic) bond motifs is 1. The monoisotopic (exact) mass is 403 g/mol. The molecule has 0 bridgehead atoms. The average molecular weight is 403 g/mol. The van der Waals surface area contributed by atoms with E-state index in [1.54, 1.807) is 24.4 Å². The van der Waals surface area contributed by atoms with Crippen LogP contribution in [0.3, 0.4) is 0 Å². The van der Waals surface area contributed by atoms with Gasteiger partial charge in [0.15, 0.2) is 10.8 Å². The summed E-state index contributed by atoms with van der Waals surface area (Å²) in [5.41, 5.74) is 3.73. The quantitative estimate of drug-likeness (QED) is 0.450. The number of nitrogens with zero attached hydrogens (tertiary/aromatic N) is 3. The Morgan fingerprint density at radius 2 is 1.93 bits per heavy atom. The second kappa shape index (κ2) is 6.99. The van der Waals surface area contributed by atoms with Gasteiger partial charge < -0.3 is 4.98 Å². The number of hydrogen-bond donors (Lipinski definition) is 2. The topological polar surface area (TPSA) is 75.6 Å². The lowest BCUT2D eigenvalue weighted by Crippen LogP contribution is -2.13. The molecule has 0 atom stereocenters. The van der Waals surface area contributed by atoms with Crippen LogP contribution in [0.5, 0.6) is 0 Å². The van der Waals surface area contributed by atoms with Gasteiger partial charge in [0.2, 0.25) is 0 Å². The zero-order chi connectivity index (χ0) is 19.8. The minimum atomic E-state index is -0.356. The lowest BCUT2D eigenvalue weighted by Gasteiger charge is -2.01. The number of nitrogens with one attached hydrogen (secondary N) is 2. The summed E-state index contributed by atoms with van der Waals surface area (Å²) in [5, 5.41) is 10.5. The van der Waals surface area contributed by atoms with Crippen LogP contribution < -0.4 is 5.32 Å². The maximum absolute atomic E-state index is 13.1. The van der Waals surface area contributed by atoms with Crippen molar-refractivity contribution < 1.29 is 9.18 Å². The van der Waals surface area contributed by atoms with Crippen LogP contribution >= 0.6 is 11.3 Å². The summed E-state index contributed by atoms with van der Waals surface area (Å²) < 4.78 is 14.6. The van der Waals surface area contributed by atoms with Crippen LogP contribution in [0.25, 0.3) is 27.8 Å². The molecule has 2 aromatic carbocycles. The fourth-order valence-corrected chi connectivity index (χ4v) is 3.79. The van der Waals surface area contributed by atoms with Gasteiger partial charge in [0.05, 0.1) is 11.4 Å². The van der Waals surface area contributed by atoms with Gasteiger partial charge in [0.1, 0.15) is 5.82 Å². The van der Waals surface area contributed by atoms with E-state index in [0.29, 0.717) is 10.8 Å². The summed E-state index contributed by atoms with van der Waals surface area (Å²) >= 11 is 1.35. The van der Waals surface area contributed by atoms with Crippen LogP contribution in [0, 0.1) is 5.82 Å². The molecule has 0 aliphatic carbocycles. The molecule has 6 nitrogen and oxygen atoms in total. The Bertz CT molecular complexity index is 1320. The van der Waals surface area contributed by atoms with Gasteiger partial charge in [0, 0.05) is 34.2 Å². The van der Waals surface area contributed by atoms with E-state index < -0.39 is 0 Å². The third-order valence-electron chi connectivity index (χ3n) is 4.50. The Labute approximate surface area is 168 Å². The molecular formula is C21H14FN5OS. The summed E-state index contributed by atoms with van der Waals surface area (Å²) in [7, 11) is 0. The van der Waals surface area contributed by atoms with Crippen molar-refractivity contribution in [2.45, 2.75) is 0 Å². The first-order valence-corrected chi connectivity index (χ1v) is 9.70. The number of carbonyl (C=O) groups excluding carboxylic acids is 1. The molecular weight excluding hydrogens is 389 g/mol. The Morgan fingerprint density at radius 3 is 2.79 bits per heavy atom. The molecule has 0 aliphatic rings. The van der Waals surface area contributed by atoms with E-state index in [4.69, 9.17) is 0 Å². The molecule has 3 heterocycles. The third-order valence-corrected chi connectivity index (χ3v) is 5.26. The summed E-state index contributed by atoms with van der Waals surface area (Å²) in [4.78, 5) is 20.3. The molecule has 5 aromatic rings. The predicted molar refractivity (Wildman–Crippen MR) is 111 cm³/mol. The Hall–Kier alpha value is -3.78. The Morgan fingerprint density at radius 1 is 1.10 bits per heavy atom. The highest BCUT2D eigenvalue weighted by Crippen LogP contribution is 2.31. The minimum Gasteiger partial charge on any atom is -0.360 e. The van der Waals surface area contributed by atoms with Crippen molar-refractivity contribution in [3.05, 3.63) is 83.9 Å². The molecule has 2 N–H and O–H groups in total. The van der Waals surface area contributed by atoms with Crippen LogP contribution in [0.2, 0.25) is 0 Å². The zero-order valence-corrected chi connectivity index (χ0v) is 15.8. The standard InChI is InChI=1S/C21H14FN5OS/c22-13-5-7-14(8-6-13)27-10-9-18(26-27)20(28)25-21-24-19(12-29-21)16-11-23-17-4-2-1-3-15(16)17/h1-12,23H,(H,24,25,28). The minimum absolute atomic E-state index is 0.248. The van der Waals surface area contributed by atoms with Gasteiger partial charge in [-0.3, -0.25) is 10.1 Å². The van der Waals surface area contributed by atoms with Crippen molar-refractivity contribution in [1.82, 2.24) is 19.7 Å². The molecule has 0 aliphatic heterocycles. The van der Waals surface area contributed by atoms with Crippen LogP contribution in [0.15, 0.2) is 72.4 Å². The summed E-state index contributed by atoms with van der Waals surface area (Å²) in [6.45, 7) is 0. The number of aromatic amines is 1. The molecule has 0 saturated heterocycles. The average Bonchev–Trinajstić information content (AvgIpc) is 3.47. The largest absolute Gasteiger partial charge is 0.360 e. The number of halogens is 1. The van der Waals surface area contributed by atoms with E-state index in [2.05, 4.69) is 20.4 Å². The first-order valence-electron chi connectivity index (χ1n) is 8.82. The molecule has 8 heteroatoms. The smallest absolute Gasteiger partial charge is 0.277 e. The lowest BCUT2D eigenvalue weighted by atomic mass is 10.1. The van der Waals surface area contributed by atoms with Gasteiger partial charge >= 0.3 is 0 Å². The molecule has 0 unspecified atom stereocenters. The number of para-hydroxylation sites is 1. The van der Waals surface area contributed by atoms with E-state index in [1.807, 2.05) is 35.8 Å². The SMILES string of the molecule is O=C(Nc1nc(-c2c[nH]c3ccccc23)cs1)c1ccn(-c2ccc(F)cc2)n1. The van der Waals surface area contributed by atoms with Crippen LogP contribution in [0.4, 0.5) is 9.52 Å². The van der Waals surface area contributed by atoms with E-state index in [1.165, 1.54) is 28.2 Å². The van der Waals surface area contributed by atoms with Crippen molar-refractivity contribution in [3.63, 3.8) is 0 Å². The molecule has 142 valence electrons. The van der Waals surface area contributed by atoms with Gasteiger partial charge in [-0.1, -0.05) is 18.2 Å². The van der Waals surface area contributed by atoms with Crippen molar-refractivity contribution >= 4 is 33.3 Å². The van der Waals surface area contributed by atoms with E-state index >= 15 is 0 Å². The number of anilines is 1. The number of rotatable bonds is 4. The fraction of sp³-hybridized carbons (Fsp3) is 0. The fourth-order valence-electron chi connectivity index (χ4n) is 3.08. The van der Waals surface area contributed by atoms with Gasteiger partial charge in [-0.25, -0.2) is 14.1 Å². The summed E-state index contributed by atoms with van der Waals surface area (Å²) in [5.74, 6) is -0.681. The highest BCUT2D eigenvalue weighted by atomic mass is 32.1. The number of thiazole rings is 1. The Kier molecular flexibility index (Phi) is 4.18. The molecule has 29 heavy (non-hydrogen) atoms. The number of aromatic nitrogens is 4. The first kappa shape index (κ1) is 17.3.